The fraction of sp³-hybridized carbons (Fsp3) is 0.207. The molecule has 0 radical (unpaired) electrons. The molecule has 1 N–H and O–H groups in total. The van der Waals surface area contributed by atoms with Gasteiger partial charge in [-0.15, -0.1) is 10.2 Å². The molecule has 0 bridgehead atoms. The molecule has 0 saturated carbocycles. The van der Waals surface area contributed by atoms with Gasteiger partial charge in [0, 0.05) is 42.1 Å². The quantitative estimate of drug-likeness (QED) is 0.372. The van der Waals surface area contributed by atoms with Crippen LogP contribution in [0.3, 0.4) is 0 Å². The largest absolute Gasteiger partial charge is 0.354 e. The third-order valence-electron chi connectivity index (χ3n) is 6.77. The van der Waals surface area contributed by atoms with E-state index in [2.05, 4.69) is 30.4 Å². The van der Waals surface area contributed by atoms with Crippen LogP contribution in [-0.2, 0) is 4.79 Å². The highest BCUT2D eigenvalue weighted by atomic mass is 16.1. The minimum atomic E-state index is -0.138. The van der Waals surface area contributed by atoms with Crippen LogP contribution in [0, 0.1) is 12.8 Å². The Morgan fingerprint density at radius 2 is 1.76 bits per heavy atom. The summed E-state index contributed by atoms with van der Waals surface area (Å²) >= 11 is 0. The Balaban J connectivity index is 1.18. The molecule has 37 heavy (non-hydrogen) atoms. The number of para-hydroxylation sites is 1. The van der Waals surface area contributed by atoms with Crippen LogP contribution in [0.2, 0.25) is 0 Å². The van der Waals surface area contributed by atoms with E-state index in [0.29, 0.717) is 12.4 Å². The Bertz CT molecular complexity index is 1550. The molecule has 1 aliphatic rings. The van der Waals surface area contributed by atoms with E-state index in [4.69, 9.17) is 0 Å². The number of piperidine rings is 1. The summed E-state index contributed by atoms with van der Waals surface area (Å²) in [6.45, 7) is 3.39. The Kier molecular flexibility index (Phi) is 6.06. The summed E-state index contributed by atoms with van der Waals surface area (Å²) in [6.07, 6.45) is 5.40. The molecule has 1 atom stereocenters. The second-order valence-electron chi connectivity index (χ2n) is 9.34. The minimum Gasteiger partial charge on any atom is -0.354 e. The monoisotopic (exact) mass is 489 g/mol. The van der Waals surface area contributed by atoms with Crippen LogP contribution < -0.4 is 10.2 Å². The summed E-state index contributed by atoms with van der Waals surface area (Å²) < 4.78 is 1.93. The van der Waals surface area contributed by atoms with Gasteiger partial charge in [-0.3, -0.25) is 14.3 Å². The molecule has 184 valence electrons. The van der Waals surface area contributed by atoms with E-state index in [-0.39, 0.29) is 11.8 Å². The van der Waals surface area contributed by atoms with Gasteiger partial charge in [0.15, 0.2) is 11.6 Å². The van der Waals surface area contributed by atoms with Crippen molar-refractivity contribution in [1.29, 1.82) is 0 Å². The molecule has 0 spiro atoms. The fourth-order valence-corrected chi connectivity index (χ4v) is 4.95. The van der Waals surface area contributed by atoms with Crippen LogP contribution in [-0.4, -0.2) is 43.7 Å². The van der Waals surface area contributed by atoms with Crippen molar-refractivity contribution in [2.45, 2.75) is 19.8 Å². The molecule has 6 rings (SSSR count). The maximum atomic E-state index is 13.3. The van der Waals surface area contributed by atoms with Gasteiger partial charge in [-0.25, -0.2) is 4.98 Å². The van der Waals surface area contributed by atoms with Crippen molar-refractivity contribution in [2.75, 3.05) is 23.3 Å². The van der Waals surface area contributed by atoms with Crippen molar-refractivity contribution in [1.82, 2.24) is 24.7 Å². The van der Waals surface area contributed by atoms with Crippen LogP contribution >= 0.6 is 0 Å². The molecule has 1 aliphatic heterocycles. The lowest BCUT2D eigenvalue weighted by Gasteiger charge is -2.32. The van der Waals surface area contributed by atoms with E-state index in [1.54, 1.807) is 6.20 Å². The highest BCUT2D eigenvalue weighted by Gasteiger charge is 2.27. The Labute approximate surface area is 215 Å². The predicted octanol–water partition coefficient (Wildman–Crippen LogP) is 5.04. The first-order chi connectivity index (χ1) is 18.2. The number of hydrogen-bond acceptors (Lipinski definition) is 6. The van der Waals surface area contributed by atoms with Gasteiger partial charge in [0.1, 0.15) is 5.82 Å². The van der Waals surface area contributed by atoms with Gasteiger partial charge in [-0.05, 0) is 44.0 Å². The lowest BCUT2D eigenvalue weighted by atomic mass is 9.97. The van der Waals surface area contributed by atoms with Crippen LogP contribution in [0.5, 0.6) is 0 Å². The normalized spacial score (nSPS) is 15.6. The van der Waals surface area contributed by atoms with Crippen molar-refractivity contribution in [2.24, 2.45) is 5.92 Å². The third-order valence-corrected chi connectivity index (χ3v) is 6.77. The molecule has 8 heteroatoms. The standard InChI is InChI=1S/C29H27N7O/c1-20-18-25(23-11-5-6-12-24(23)31-20)32-29(37)22-10-7-16-35(19-22)26-13-14-27(34-33-26)36-17-15-30-28(36)21-8-3-2-4-9-21/h2-6,8-9,11-15,17-18,22H,7,10,16,19H2,1H3,(H,31,32,37). The zero-order valence-corrected chi connectivity index (χ0v) is 20.6. The molecule has 4 heterocycles. The summed E-state index contributed by atoms with van der Waals surface area (Å²) in [6, 6.07) is 23.7. The van der Waals surface area contributed by atoms with Crippen LogP contribution in [0.15, 0.2) is 85.2 Å². The number of nitrogens with one attached hydrogen (secondary N) is 1. The number of nitrogens with zero attached hydrogens (tertiary/aromatic N) is 6. The molecule has 1 fully saturated rings. The molecule has 1 unspecified atom stereocenters. The summed E-state index contributed by atoms with van der Waals surface area (Å²) in [5.41, 5.74) is 3.58. The van der Waals surface area contributed by atoms with E-state index in [9.17, 15) is 4.79 Å². The van der Waals surface area contributed by atoms with Crippen LogP contribution in [0.4, 0.5) is 11.5 Å². The summed E-state index contributed by atoms with van der Waals surface area (Å²) in [7, 11) is 0. The number of imidazole rings is 1. The first-order valence-electron chi connectivity index (χ1n) is 12.5. The number of hydrogen-bond donors (Lipinski definition) is 1. The number of carbonyl (C=O) groups excluding carboxylic acids is 1. The molecule has 5 aromatic rings. The average Bonchev–Trinajstić information content (AvgIpc) is 3.44. The van der Waals surface area contributed by atoms with Crippen LogP contribution in [0.1, 0.15) is 18.5 Å². The van der Waals surface area contributed by atoms with Gasteiger partial charge in [0.05, 0.1) is 17.1 Å². The molecule has 3 aromatic heterocycles. The van der Waals surface area contributed by atoms with Gasteiger partial charge in [-0.1, -0.05) is 48.5 Å². The predicted molar refractivity (Wildman–Crippen MR) is 145 cm³/mol. The zero-order valence-electron chi connectivity index (χ0n) is 20.6. The van der Waals surface area contributed by atoms with E-state index >= 15 is 0 Å². The molecule has 1 saturated heterocycles. The maximum absolute atomic E-state index is 13.3. The lowest BCUT2D eigenvalue weighted by molar-refractivity contribution is -0.120. The number of rotatable bonds is 5. The van der Waals surface area contributed by atoms with Gasteiger partial charge in [0.25, 0.3) is 0 Å². The van der Waals surface area contributed by atoms with Gasteiger partial charge >= 0.3 is 0 Å². The van der Waals surface area contributed by atoms with Crippen molar-refractivity contribution in [3.8, 4) is 17.2 Å². The van der Waals surface area contributed by atoms with E-state index in [0.717, 1.165) is 58.9 Å². The number of fused-ring (bicyclic) bond motifs is 1. The summed E-state index contributed by atoms with van der Waals surface area (Å²) in [5, 5.41) is 13.1. The maximum Gasteiger partial charge on any atom is 0.229 e. The van der Waals surface area contributed by atoms with Gasteiger partial charge in [-0.2, -0.15) is 0 Å². The summed E-state index contributed by atoms with van der Waals surface area (Å²) in [4.78, 5) is 24.5. The molecule has 2 aromatic carbocycles. The molecular formula is C29H27N7O. The topological polar surface area (TPSA) is 88.8 Å². The van der Waals surface area contributed by atoms with Gasteiger partial charge in [0.2, 0.25) is 5.91 Å². The highest BCUT2D eigenvalue weighted by Crippen LogP contribution is 2.27. The van der Waals surface area contributed by atoms with E-state index < -0.39 is 0 Å². The first-order valence-corrected chi connectivity index (χ1v) is 12.5. The SMILES string of the molecule is Cc1cc(NC(=O)C2CCCN(c3ccc(-n4ccnc4-c4ccccc4)nn3)C2)c2ccccc2n1. The van der Waals surface area contributed by atoms with Crippen molar-refractivity contribution < 1.29 is 4.79 Å². The number of aryl methyl sites for hydroxylation is 1. The number of benzene rings is 2. The Morgan fingerprint density at radius 3 is 2.59 bits per heavy atom. The zero-order chi connectivity index (χ0) is 25.2. The number of anilines is 2. The molecule has 0 aliphatic carbocycles. The number of pyridine rings is 1. The Morgan fingerprint density at radius 1 is 0.973 bits per heavy atom. The van der Waals surface area contributed by atoms with Crippen molar-refractivity contribution in [3.63, 3.8) is 0 Å². The highest BCUT2D eigenvalue weighted by molar-refractivity contribution is 6.02. The third kappa shape index (κ3) is 4.65. The summed E-state index contributed by atoms with van der Waals surface area (Å²) in [5.74, 6) is 2.17. The smallest absolute Gasteiger partial charge is 0.229 e. The fourth-order valence-electron chi connectivity index (χ4n) is 4.95. The van der Waals surface area contributed by atoms with Gasteiger partial charge < -0.3 is 10.2 Å². The molecule has 1 amide bonds. The number of amides is 1. The number of carbonyl (C=O) groups is 1. The molecular weight excluding hydrogens is 462 g/mol. The molecule has 8 nitrogen and oxygen atoms in total. The van der Waals surface area contributed by atoms with E-state index in [1.165, 1.54) is 0 Å². The van der Waals surface area contributed by atoms with E-state index in [1.807, 2.05) is 90.5 Å². The minimum absolute atomic E-state index is 0.0240. The first kappa shape index (κ1) is 22.8. The van der Waals surface area contributed by atoms with Crippen molar-refractivity contribution >= 4 is 28.3 Å². The Hall–Kier alpha value is -4.59. The van der Waals surface area contributed by atoms with Crippen LogP contribution in [0.25, 0.3) is 28.1 Å². The second kappa shape index (κ2) is 9.81. The van der Waals surface area contributed by atoms with Crippen molar-refractivity contribution in [3.05, 3.63) is 90.9 Å². The average molecular weight is 490 g/mol. The number of aromatic nitrogens is 5. The second-order valence-corrected chi connectivity index (χ2v) is 9.34. The lowest BCUT2D eigenvalue weighted by Crippen LogP contribution is -2.41.